The Balaban J connectivity index is 1.37. The SMILES string of the molecule is COc1cc(C(=O)O[C@H](C)C(=O)Nc2ccc3c(c2)OCO3)ccc1OCc1c(C)noc1C. The Morgan fingerprint density at radius 2 is 1.88 bits per heavy atom. The number of nitrogens with one attached hydrogen (secondary N) is 1. The summed E-state index contributed by atoms with van der Waals surface area (Å²) >= 11 is 0. The largest absolute Gasteiger partial charge is 0.493 e. The molecule has 1 aliphatic rings. The highest BCUT2D eigenvalue weighted by atomic mass is 16.7. The molecule has 0 unspecified atom stereocenters. The van der Waals surface area contributed by atoms with Crippen LogP contribution in [0.2, 0.25) is 0 Å². The summed E-state index contributed by atoms with van der Waals surface area (Å²) in [5.74, 6) is 1.43. The second-order valence-corrected chi connectivity index (χ2v) is 7.56. The summed E-state index contributed by atoms with van der Waals surface area (Å²) in [5, 5.41) is 6.59. The number of carbonyl (C=O) groups excluding carboxylic acids is 2. The van der Waals surface area contributed by atoms with Crippen LogP contribution in [0, 0.1) is 13.8 Å². The Morgan fingerprint density at radius 3 is 2.62 bits per heavy atom. The van der Waals surface area contributed by atoms with Gasteiger partial charge in [-0.1, -0.05) is 5.16 Å². The molecule has 34 heavy (non-hydrogen) atoms. The van der Waals surface area contributed by atoms with E-state index in [2.05, 4.69) is 10.5 Å². The van der Waals surface area contributed by atoms with Crippen LogP contribution >= 0.6 is 0 Å². The average Bonchev–Trinajstić information content (AvgIpc) is 3.43. The Morgan fingerprint density at radius 1 is 1.09 bits per heavy atom. The molecule has 0 aliphatic carbocycles. The molecule has 1 atom stereocenters. The number of benzene rings is 2. The second kappa shape index (κ2) is 9.74. The number of nitrogens with zero attached hydrogens (tertiary/aromatic N) is 1. The van der Waals surface area contributed by atoms with Gasteiger partial charge in [0.2, 0.25) is 6.79 Å². The third-order valence-corrected chi connectivity index (χ3v) is 5.25. The molecular formula is C24H24N2O8. The first-order chi connectivity index (χ1) is 16.4. The maximum Gasteiger partial charge on any atom is 0.339 e. The predicted octanol–water partition coefficient (Wildman–Crippen LogP) is 3.79. The zero-order valence-corrected chi connectivity index (χ0v) is 19.2. The summed E-state index contributed by atoms with van der Waals surface area (Å²) in [6.07, 6.45) is -1.04. The van der Waals surface area contributed by atoms with Crippen LogP contribution in [0.5, 0.6) is 23.0 Å². The molecule has 0 saturated heterocycles. The minimum Gasteiger partial charge on any atom is -0.493 e. The number of anilines is 1. The van der Waals surface area contributed by atoms with E-state index in [0.717, 1.165) is 11.3 Å². The number of hydrogen-bond acceptors (Lipinski definition) is 9. The lowest BCUT2D eigenvalue weighted by atomic mass is 10.2. The van der Waals surface area contributed by atoms with Crippen LogP contribution in [-0.4, -0.2) is 37.0 Å². The standard InChI is InChI=1S/C24H24N2O8/c1-13-18(14(2)34-26-13)11-30-19-7-5-16(9-21(19)29-4)24(28)33-15(3)23(27)25-17-6-8-20-22(10-17)32-12-31-20/h5-10,15H,11-12H2,1-4H3,(H,25,27)/t15-/m1/s1. The highest BCUT2D eigenvalue weighted by molar-refractivity contribution is 5.97. The molecule has 1 N–H and O–H groups in total. The number of aromatic nitrogens is 1. The van der Waals surface area contributed by atoms with Crippen molar-refractivity contribution in [1.29, 1.82) is 0 Å². The number of esters is 1. The normalized spacial score (nSPS) is 12.7. The van der Waals surface area contributed by atoms with Crippen molar-refractivity contribution in [2.75, 3.05) is 19.2 Å². The number of rotatable bonds is 8. The van der Waals surface area contributed by atoms with Gasteiger partial charge in [-0.05, 0) is 51.1 Å². The molecule has 0 saturated carbocycles. The Kier molecular flexibility index (Phi) is 6.58. The number of hydrogen-bond donors (Lipinski definition) is 1. The fourth-order valence-corrected chi connectivity index (χ4v) is 3.27. The van der Waals surface area contributed by atoms with Crippen molar-refractivity contribution in [2.24, 2.45) is 0 Å². The van der Waals surface area contributed by atoms with Crippen LogP contribution in [0.15, 0.2) is 40.9 Å². The molecule has 2 heterocycles. The molecule has 4 rings (SSSR count). The summed E-state index contributed by atoms with van der Waals surface area (Å²) in [7, 11) is 1.47. The molecule has 0 bridgehead atoms. The van der Waals surface area contributed by atoms with Gasteiger partial charge in [0.15, 0.2) is 29.1 Å². The molecule has 1 aromatic heterocycles. The molecule has 0 spiro atoms. The Bertz CT molecular complexity index is 1200. The quantitative estimate of drug-likeness (QED) is 0.493. The molecule has 1 aliphatic heterocycles. The van der Waals surface area contributed by atoms with Crippen molar-refractivity contribution in [3.8, 4) is 23.0 Å². The molecule has 10 nitrogen and oxygen atoms in total. The lowest BCUT2D eigenvalue weighted by molar-refractivity contribution is -0.123. The van der Waals surface area contributed by atoms with Crippen molar-refractivity contribution >= 4 is 17.6 Å². The maximum absolute atomic E-state index is 12.6. The highest BCUT2D eigenvalue weighted by Crippen LogP contribution is 2.34. The van der Waals surface area contributed by atoms with Crippen molar-refractivity contribution < 1.29 is 37.8 Å². The Hall–Kier alpha value is -4.21. The van der Waals surface area contributed by atoms with Gasteiger partial charge in [0.25, 0.3) is 5.91 Å². The van der Waals surface area contributed by atoms with Gasteiger partial charge in [-0.15, -0.1) is 0 Å². The van der Waals surface area contributed by atoms with Gasteiger partial charge in [-0.2, -0.15) is 0 Å². The third kappa shape index (κ3) is 4.90. The first kappa shape index (κ1) is 23.0. The minimum absolute atomic E-state index is 0.133. The monoisotopic (exact) mass is 468 g/mol. The molecule has 2 aromatic carbocycles. The van der Waals surface area contributed by atoms with E-state index in [0.29, 0.717) is 34.4 Å². The van der Waals surface area contributed by atoms with E-state index in [4.69, 9.17) is 28.2 Å². The summed E-state index contributed by atoms with van der Waals surface area (Å²) in [6, 6.07) is 9.64. The lowest BCUT2D eigenvalue weighted by Gasteiger charge is -2.15. The molecular weight excluding hydrogens is 444 g/mol. The molecule has 0 fully saturated rings. The number of methoxy groups -OCH3 is 1. The summed E-state index contributed by atoms with van der Waals surface area (Å²) in [4.78, 5) is 25.1. The predicted molar refractivity (Wildman–Crippen MR) is 119 cm³/mol. The third-order valence-electron chi connectivity index (χ3n) is 5.25. The maximum atomic E-state index is 12.6. The molecule has 3 aromatic rings. The first-order valence-corrected chi connectivity index (χ1v) is 10.5. The van der Waals surface area contributed by atoms with E-state index >= 15 is 0 Å². The smallest absolute Gasteiger partial charge is 0.339 e. The van der Waals surface area contributed by atoms with E-state index < -0.39 is 18.0 Å². The molecule has 10 heteroatoms. The van der Waals surface area contributed by atoms with Crippen LogP contribution in [0.3, 0.4) is 0 Å². The number of carbonyl (C=O) groups is 2. The number of aryl methyl sites for hydroxylation is 2. The van der Waals surface area contributed by atoms with E-state index in [1.54, 1.807) is 31.2 Å². The molecule has 0 radical (unpaired) electrons. The Labute approximate surface area is 195 Å². The van der Waals surface area contributed by atoms with Crippen molar-refractivity contribution in [1.82, 2.24) is 5.16 Å². The van der Waals surface area contributed by atoms with Crippen molar-refractivity contribution in [3.63, 3.8) is 0 Å². The van der Waals surface area contributed by atoms with Crippen molar-refractivity contribution in [3.05, 3.63) is 59.0 Å². The summed E-state index contributed by atoms with van der Waals surface area (Å²) in [5.41, 5.74) is 2.29. The van der Waals surface area contributed by atoms with E-state index in [1.165, 1.54) is 26.2 Å². The van der Waals surface area contributed by atoms with Crippen LogP contribution < -0.4 is 24.3 Å². The second-order valence-electron chi connectivity index (χ2n) is 7.56. The van der Waals surface area contributed by atoms with Crippen LogP contribution in [0.25, 0.3) is 0 Å². The van der Waals surface area contributed by atoms with Crippen LogP contribution in [0.1, 0.15) is 34.3 Å². The van der Waals surface area contributed by atoms with E-state index in [1.807, 2.05) is 6.92 Å². The fraction of sp³-hybridized carbons (Fsp3) is 0.292. The average molecular weight is 468 g/mol. The van der Waals surface area contributed by atoms with Gasteiger partial charge in [0.05, 0.1) is 23.9 Å². The number of ether oxygens (including phenoxy) is 5. The van der Waals surface area contributed by atoms with Gasteiger partial charge in [-0.25, -0.2) is 4.79 Å². The molecule has 178 valence electrons. The topological polar surface area (TPSA) is 118 Å². The molecule has 1 amide bonds. The van der Waals surface area contributed by atoms with Gasteiger partial charge in [-0.3, -0.25) is 4.79 Å². The van der Waals surface area contributed by atoms with Crippen LogP contribution in [-0.2, 0) is 16.1 Å². The fourth-order valence-electron chi connectivity index (χ4n) is 3.27. The lowest BCUT2D eigenvalue weighted by Crippen LogP contribution is -2.30. The van der Waals surface area contributed by atoms with Gasteiger partial charge in [0.1, 0.15) is 12.4 Å². The van der Waals surface area contributed by atoms with Gasteiger partial charge < -0.3 is 33.5 Å². The van der Waals surface area contributed by atoms with Crippen LogP contribution in [0.4, 0.5) is 5.69 Å². The van der Waals surface area contributed by atoms with Gasteiger partial charge in [0, 0.05) is 11.8 Å². The number of fused-ring (bicyclic) bond motifs is 1. The highest BCUT2D eigenvalue weighted by Gasteiger charge is 2.22. The zero-order chi connectivity index (χ0) is 24.2. The summed E-state index contributed by atoms with van der Waals surface area (Å²) < 4.78 is 32.2. The van der Waals surface area contributed by atoms with E-state index in [9.17, 15) is 9.59 Å². The number of amides is 1. The minimum atomic E-state index is -1.04. The summed E-state index contributed by atoms with van der Waals surface area (Å²) in [6.45, 7) is 5.49. The van der Waals surface area contributed by atoms with E-state index in [-0.39, 0.29) is 19.0 Å². The zero-order valence-electron chi connectivity index (χ0n) is 19.2. The van der Waals surface area contributed by atoms with Crippen molar-refractivity contribution in [2.45, 2.75) is 33.5 Å². The van der Waals surface area contributed by atoms with Gasteiger partial charge >= 0.3 is 5.97 Å². The first-order valence-electron chi connectivity index (χ1n) is 10.5.